The van der Waals surface area contributed by atoms with Gasteiger partial charge in [-0.05, 0) is 55.8 Å². The van der Waals surface area contributed by atoms with Crippen LogP contribution in [0.15, 0.2) is 29.2 Å². The monoisotopic (exact) mass is 390 g/mol. The number of hydrogen-bond acceptors (Lipinski definition) is 6. The fourth-order valence-corrected chi connectivity index (χ4v) is 3.50. The molecule has 2 rings (SSSR count). The van der Waals surface area contributed by atoms with Crippen molar-refractivity contribution in [3.63, 3.8) is 0 Å². The van der Waals surface area contributed by atoms with Crippen LogP contribution in [-0.2, 0) is 14.3 Å². The molecule has 0 saturated carbocycles. The number of imide groups is 1. The maximum atomic E-state index is 12.5. The van der Waals surface area contributed by atoms with Crippen molar-refractivity contribution >= 4 is 40.6 Å². The van der Waals surface area contributed by atoms with Crippen LogP contribution in [0.1, 0.15) is 39.2 Å². The summed E-state index contributed by atoms with van der Waals surface area (Å²) in [5, 5.41) is -0.446. The molecule has 0 aromatic heterocycles. The molecule has 2 amide bonds. The third-order valence-electron chi connectivity index (χ3n) is 4.24. The number of anilines is 1. The molecular formula is C20H26N2O4S. The second-order valence-corrected chi connectivity index (χ2v) is 7.10. The molecule has 1 aromatic carbocycles. The first-order chi connectivity index (χ1) is 13.0. The second kappa shape index (κ2) is 10.2. The lowest BCUT2D eigenvalue weighted by Gasteiger charge is -2.20. The maximum absolute atomic E-state index is 12.5. The van der Waals surface area contributed by atoms with E-state index in [9.17, 15) is 14.4 Å². The van der Waals surface area contributed by atoms with Crippen molar-refractivity contribution in [3.05, 3.63) is 34.7 Å². The number of benzene rings is 1. The van der Waals surface area contributed by atoms with E-state index in [1.165, 1.54) is 0 Å². The lowest BCUT2D eigenvalue weighted by atomic mass is 10.1. The molecule has 1 heterocycles. The van der Waals surface area contributed by atoms with Gasteiger partial charge in [0.25, 0.3) is 11.1 Å². The second-order valence-electron chi connectivity index (χ2n) is 6.11. The van der Waals surface area contributed by atoms with Crippen molar-refractivity contribution in [3.8, 4) is 0 Å². The number of ether oxygens (including phenoxy) is 1. The molecule has 0 bridgehead atoms. The largest absolute Gasteiger partial charge is 0.464 e. The first-order valence-electron chi connectivity index (χ1n) is 9.26. The average molecular weight is 391 g/mol. The van der Waals surface area contributed by atoms with E-state index in [-0.39, 0.29) is 6.54 Å². The van der Waals surface area contributed by atoms with E-state index in [1.807, 2.05) is 31.2 Å². The number of rotatable bonds is 9. The van der Waals surface area contributed by atoms with E-state index in [1.54, 1.807) is 6.08 Å². The van der Waals surface area contributed by atoms with Crippen LogP contribution in [0.2, 0.25) is 0 Å². The fourth-order valence-electron chi connectivity index (χ4n) is 2.66. The van der Waals surface area contributed by atoms with Crippen LogP contribution in [0.5, 0.6) is 0 Å². The molecule has 1 fully saturated rings. The number of amides is 2. The first-order valence-corrected chi connectivity index (χ1v) is 10.1. The Hall–Kier alpha value is -2.28. The Morgan fingerprint density at radius 1 is 1.15 bits per heavy atom. The number of unbranched alkanes of at least 4 members (excludes halogenated alkanes) is 1. The summed E-state index contributed by atoms with van der Waals surface area (Å²) in [4.78, 5) is 39.8. The Morgan fingerprint density at radius 3 is 2.41 bits per heavy atom. The number of nitrogens with zero attached hydrogens (tertiary/aromatic N) is 2. The fraction of sp³-hybridized carbons (Fsp3) is 0.450. The van der Waals surface area contributed by atoms with Gasteiger partial charge in [-0.25, -0.2) is 0 Å². The van der Waals surface area contributed by atoms with Crippen LogP contribution in [0, 0.1) is 0 Å². The molecular weight excluding hydrogens is 364 g/mol. The van der Waals surface area contributed by atoms with Crippen molar-refractivity contribution in [1.82, 2.24) is 4.90 Å². The van der Waals surface area contributed by atoms with Crippen LogP contribution in [0.25, 0.3) is 6.08 Å². The molecule has 27 heavy (non-hydrogen) atoms. The van der Waals surface area contributed by atoms with Crippen molar-refractivity contribution in [2.45, 2.75) is 33.6 Å². The summed E-state index contributed by atoms with van der Waals surface area (Å²) < 4.78 is 5.03. The number of hydrogen-bond donors (Lipinski definition) is 0. The third-order valence-corrected chi connectivity index (χ3v) is 5.15. The molecule has 1 aliphatic heterocycles. The van der Waals surface area contributed by atoms with Crippen LogP contribution in [-0.4, -0.2) is 48.3 Å². The molecule has 0 N–H and O–H groups in total. The Morgan fingerprint density at radius 2 is 1.81 bits per heavy atom. The normalized spacial score (nSPS) is 15.5. The average Bonchev–Trinajstić information content (AvgIpc) is 2.92. The van der Waals surface area contributed by atoms with Crippen LogP contribution in [0.3, 0.4) is 0 Å². The van der Waals surface area contributed by atoms with Gasteiger partial charge in [-0.2, -0.15) is 0 Å². The Labute approximate surface area is 164 Å². The molecule has 0 aliphatic carbocycles. The number of thioether (sulfide) groups is 1. The van der Waals surface area contributed by atoms with Crippen LogP contribution < -0.4 is 4.90 Å². The van der Waals surface area contributed by atoms with Crippen LogP contribution in [0.4, 0.5) is 10.5 Å². The van der Waals surface area contributed by atoms with E-state index in [0.717, 1.165) is 53.8 Å². The smallest absolute Gasteiger partial charge is 0.326 e. The van der Waals surface area contributed by atoms with Crippen molar-refractivity contribution in [2.24, 2.45) is 0 Å². The van der Waals surface area contributed by atoms with Gasteiger partial charge in [-0.3, -0.25) is 19.3 Å². The molecule has 0 unspecified atom stereocenters. The number of carbonyl (C=O) groups excluding carboxylic acids is 3. The Balaban J connectivity index is 2.04. The molecule has 6 nitrogen and oxygen atoms in total. The summed E-state index contributed by atoms with van der Waals surface area (Å²) >= 11 is 0.847. The van der Waals surface area contributed by atoms with Gasteiger partial charge < -0.3 is 9.64 Å². The highest BCUT2D eigenvalue weighted by molar-refractivity contribution is 8.18. The highest BCUT2D eigenvalue weighted by Crippen LogP contribution is 2.32. The lowest BCUT2D eigenvalue weighted by molar-refractivity contribution is -0.146. The van der Waals surface area contributed by atoms with Gasteiger partial charge in [0.2, 0.25) is 0 Å². The molecule has 146 valence electrons. The molecule has 0 radical (unpaired) electrons. The highest BCUT2D eigenvalue weighted by atomic mass is 32.2. The van der Waals surface area contributed by atoms with Gasteiger partial charge in [0, 0.05) is 18.8 Å². The Kier molecular flexibility index (Phi) is 7.91. The molecule has 1 aliphatic rings. The number of carbonyl (C=O) groups is 3. The summed E-state index contributed by atoms with van der Waals surface area (Å²) in [7, 11) is 0. The van der Waals surface area contributed by atoms with Gasteiger partial charge in [0.1, 0.15) is 6.54 Å². The van der Waals surface area contributed by atoms with Crippen molar-refractivity contribution in [1.29, 1.82) is 0 Å². The highest BCUT2D eigenvalue weighted by Gasteiger charge is 2.36. The van der Waals surface area contributed by atoms with Gasteiger partial charge in [-0.15, -0.1) is 0 Å². The minimum Gasteiger partial charge on any atom is -0.464 e. The summed E-state index contributed by atoms with van der Waals surface area (Å²) in [5.74, 6) is -1.01. The standard InChI is InChI=1S/C20H26N2O4S/c1-4-7-12-26-18(23)14-22-19(24)17(27-20(22)25)13-15-8-10-16(11-9-15)21(5-2)6-3/h8-11,13H,4-7,12,14H2,1-3H3/b17-13+. The molecule has 0 spiro atoms. The summed E-state index contributed by atoms with van der Waals surface area (Å²) in [6, 6.07) is 7.82. The van der Waals surface area contributed by atoms with E-state index in [2.05, 4.69) is 18.7 Å². The van der Waals surface area contributed by atoms with Gasteiger partial charge in [-0.1, -0.05) is 25.5 Å². The zero-order chi connectivity index (χ0) is 19.8. The molecule has 1 saturated heterocycles. The maximum Gasteiger partial charge on any atom is 0.326 e. The summed E-state index contributed by atoms with van der Waals surface area (Å²) in [6.45, 7) is 7.99. The summed E-state index contributed by atoms with van der Waals surface area (Å²) in [6.07, 6.45) is 3.35. The van der Waals surface area contributed by atoms with Crippen molar-refractivity contribution in [2.75, 3.05) is 31.1 Å². The quantitative estimate of drug-likeness (QED) is 0.362. The van der Waals surface area contributed by atoms with Gasteiger partial charge >= 0.3 is 5.97 Å². The minimum atomic E-state index is -0.560. The predicted octanol–water partition coefficient (Wildman–Crippen LogP) is 3.91. The molecule has 0 atom stereocenters. The van der Waals surface area contributed by atoms with E-state index >= 15 is 0 Å². The van der Waals surface area contributed by atoms with Gasteiger partial charge in [0.15, 0.2) is 0 Å². The molecule has 7 heteroatoms. The van der Waals surface area contributed by atoms with Crippen molar-refractivity contribution < 1.29 is 19.1 Å². The van der Waals surface area contributed by atoms with E-state index in [4.69, 9.17) is 4.74 Å². The number of esters is 1. The topological polar surface area (TPSA) is 66.9 Å². The zero-order valence-corrected chi connectivity index (χ0v) is 16.9. The first kappa shape index (κ1) is 21.0. The van der Waals surface area contributed by atoms with E-state index in [0.29, 0.717) is 11.5 Å². The van der Waals surface area contributed by atoms with Gasteiger partial charge in [0.05, 0.1) is 11.5 Å². The molecule has 1 aromatic rings. The zero-order valence-electron chi connectivity index (χ0n) is 16.1. The third kappa shape index (κ3) is 5.60. The Bertz CT molecular complexity index is 711. The minimum absolute atomic E-state index is 0.306. The predicted molar refractivity (Wildman–Crippen MR) is 109 cm³/mol. The lowest BCUT2D eigenvalue weighted by Crippen LogP contribution is -2.34. The summed E-state index contributed by atoms with van der Waals surface area (Å²) in [5.41, 5.74) is 1.95. The van der Waals surface area contributed by atoms with Crippen LogP contribution >= 0.6 is 11.8 Å². The van der Waals surface area contributed by atoms with E-state index < -0.39 is 17.1 Å². The SMILES string of the molecule is CCCCOC(=O)CN1C(=O)S/C(=C/c2ccc(N(CC)CC)cc2)C1=O.